The second kappa shape index (κ2) is 7.92. The van der Waals surface area contributed by atoms with Gasteiger partial charge in [0.05, 0.1) is 29.8 Å². The summed E-state index contributed by atoms with van der Waals surface area (Å²) in [6.45, 7) is 6.80. The van der Waals surface area contributed by atoms with Crippen LogP contribution in [-0.4, -0.2) is 23.2 Å². The van der Waals surface area contributed by atoms with Crippen LogP contribution in [0.1, 0.15) is 30.8 Å². The van der Waals surface area contributed by atoms with Gasteiger partial charge >= 0.3 is 0 Å². The molecule has 0 aliphatic heterocycles. The summed E-state index contributed by atoms with van der Waals surface area (Å²) in [6, 6.07) is 10.2. The normalized spacial score (nSPS) is 11.4. The summed E-state index contributed by atoms with van der Waals surface area (Å²) >= 11 is 0. The molecule has 1 heterocycles. The molecule has 3 aromatic rings. The van der Waals surface area contributed by atoms with E-state index in [9.17, 15) is 9.65 Å². The Morgan fingerprint density at radius 1 is 1.19 bits per heavy atom. The number of nitriles is 1. The van der Waals surface area contributed by atoms with Crippen LogP contribution in [0, 0.1) is 24.1 Å². The molecule has 5 nitrogen and oxygen atoms in total. The zero-order valence-corrected chi connectivity index (χ0v) is 15.5. The molecular formula is C21H20FN3O2. The van der Waals surface area contributed by atoms with Crippen LogP contribution in [0.2, 0.25) is 0 Å². The number of fused-ring (bicyclic) bond motifs is 1. The van der Waals surface area contributed by atoms with Crippen molar-refractivity contribution < 1.29 is 13.9 Å². The molecule has 0 amide bonds. The number of aromatic nitrogens is 2. The summed E-state index contributed by atoms with van der Waals surface area (Å²) < 4.78 is 24.7. The number of allylic oxidation sites excluding steroid dienone is 1. The maximum Gasteiger partial charge on any atom is 0.161 e. The van der Waals surface area contributed by atoms with Crippen molar-refractivity contribution in [3.8, 4) is 17.6 Å². The molecule has 2 aromatic carbocycles. The monoisotopic (exact) mass is 365 g/mol. The van der Waals surface area contributed by atoms with E-state index in [2.05, 4.69) is 16.0 Å². The highest BCUT2D eigenvalue weighted by atomic mass is 19.1. The molecule has 1 aromatic heterocycles. The van der Waals surface area contributed by atoms with Crippen LogP contribution in [0.3, 0.4) is 0 Å². The van der Waals surface area contributed by atoms with Gasteiger partial charge in [0, 0.05) is 0 Å². The van der Waals surface area contributed by atoms with Crippen molar-refractivity contribution in [1.82, 2.24) is 9.97 Å². The quantitative estimate of drug-likeness (QED) is 0.633. The lowest BCUT2D eigenvalue weighted by molar-refractivity contribution is 0.287. The van der Waals surface area contributed by atoms with Crippen molar-refractivity contribution in [2.24, 2.45) is 0 Å². The average molecular weight is 365 g/mol. The van der Waals surface area contributed by atoms with Crippen LogP contribution in [0.4, 0.5) is 4.39 Å². The molecule has 27 heavy (non-hydrogen) atoms. The third kappa shape index (κ3) is 3.93. The first-order chi connectivity index (χ1) is 13.0. The maximum atomic E-state index is 13.4. The standard InChI is InChI=1S/C21H20FN3O2/c1-4-26-19-8-13(3)14(10-20(19)27-5-2)9-15(12-23)21-24-17-7-6-16(22)11-18(17)25-21/h6-11H,4-5H2,1-3H3,(H,24,25)/b15-9-. The first-order valence-electron chi connectivity index (χ1n) is 8.73. The minimum atomic E-state index is -0.357. The van der Waals surface area contributed by atoms with Gasteiger partial charge < -0.3 is 14.5 Å². The van der Waals surface area contributed by atoms with Crippen LogP contribution in [0.5, 0.6) is 11.5 Å². The van der Waals surface area contributed by atoms with Gasteiger partial charge in [0.1, 0.15) is 17.7 Å². The van der Waals surface area contributed by atoms with Gasteiger partial charge in [0.25, 0.3) is 0 Å². The fourth-order valence-corrected chi connectivity index (χ4v) is 2.79. The second-order valence-electron chi connectivity index (χ2n) is 5.94. The van der Waals surface area contributed by atoms with Crippen LogP contribution in [-0.2, 0) is 0 Å². The van der Waals surface area contributed by atoms with Crippen molar-refractivity contribution in [2.75, 3.05) is 13.2 Å². The number of ether oxygens (including phenoxy) is 2. The van der Waals surface area contributed by atoms with Gasteiger partial charge in [0.2, 0.25) is 0 Å². The number of imidazole rings is 1. The minimum absolute atomic E-state index is 0.348. The summed E-state index contributed by atoms with van der Waals surface area (Å²) in [5, 5.41) is 9.61. The predicted molar refractivity (Wildman–Crippen MR) is 103 cm³/mol. The van der Waals surface area contributed by atoms with Gasteiger partial charge in [-0.1, -0.05) is 0 Å². The van der Waals surface area contributed by atoms with E-state index in [0.29, 0.717) is 47.1 Å². The molecule has 0 aliphatic carbocycles. The molecule has 3 rings (SSSR count). The Labute approximate surface area is 157 Å². The third-order valence-electron chi connectivity index (χ3n) is 4.05. The summed E-state index contributed by atoms with van der Waals surface area (Å²) in [5.41, 5.74) is 3.26. The van der Waals surface area contributed by atoms with E-state index < -0.39 is 0 Å². The summed E-state index contributed by atoms with van der Waals surface area (Å²) in [4.78, 5) is 7.39. The first-order valence-corrected chi connectivity index (χ1v) is 8.73. The Hall–Kier alpha value is -3.33. The number of benzene rings is 2. The highest BCUT2D eigenvalue weighted by Crippen LogP contribution is 2.32. The van der Waals surface area contributed by atoms with E-state index in [4.69, 9.17) is 9.47 Å². The van der Waals surface area contributed by atoms with E-state index in [-0.39, 0.29) is 5.82 Å². The fourth-order valence-electron chi connectivity index (χ4n) is 2.79. The molecule has 0 fully saturated rings. The molecule has 6 heteroatoms. The molecule has 0 unspecified atom stereocenters. The third-order valence-corrected chi connectivity index (χ3v) is 4.05. The average Bonchev–Trinajstić information content (AvgIpc) is 3.06. The molecule has 0 bridgehead atoms. The number of aromatic amines is 1. The van der Waals surface area contributed by atoms with Gasteiger partial charge in [-0.15, -0.1) is 0 Å². The Morgan fingerprint density at radius 3 is 2.56 bits per heavy atom. The molecule has 0 radical (unpaired) electrons. The van der Waals surface area contributed by atoms with Crippen molar-refractivity contribution >= 4 is 22.7 Å². The van der Waals surface area contributed by atoms with Gasteiger partial charge in [-0.3, -0.25) is 0 Å². The molecule has 0 saturated heterocycles. The summed E-state index contributed by atoms with van der Waals surface area (Å²) in [5.74, 6) is 1.33. The lowest BCUT2D eigenvalue weighted by atomic mass is 10.0. The lowest BCUT2D eigenvalue weighted by Crippen LogP contribution is -2.00. The Kier molecular flexibility index (Phi) is 5.41. The molecule has 1 N–H and O–H groups in total. The molecule has 0 aliphatic rings. The number of hydrogen-bond donors (Lipinski definition) is 1. The number of hydrogen-bond acceptors (Lipinski definition) is 4. The van der Waals surface area contributed by atoms with Crippen molar-refractivity contribution in [1.29, 1.82) is 5.26 Å². The highest BCUT2D eigenvalue weighted by molar-refractivity contribution is 5.91. The van der Waals surface area contributed by atoms with Gasteiger partial charge in [-0.25, -0.2) is 9.37 Å². The molecule has 138 valence electrons. The summed E-state index contributed by atoms with van der Waals surface area (Å²) in [6.07, 6.45) is 1.74. The van der Waals surface area contributed by atoms with Crippen LogP contribution in [0.15, 0.2) is 30.3 Å². The fraction of sp³-hybridized carbons (Fsp3) is 0.238. The topological polar surface area (TPSA) is 70.9 Å². The molecule has 0 saturated carbocycles. The van der Waals surface area contributed by atoms with Crippen LogP contribution < -0.4 is 9.47 Å². The van der Waals surface area contributed by atoms with Crippen molar-refractivity contribution in [2.45, 2.75) is 20.8 Å². The van der Waals surface area contributed by atoms with Gasteiger partial charge in [-0.05, 0) is 68.3 Å². The Bertz CT molecular complexity index is 1050. The predicted octanol–water partition coefficient (Wildman–Crippen LogP) is 4.87. The molecular weight excluding hydrogens is 345 g/mol. The van der Waals surface area contributed by atoms with E-state index in [0.717, 1.165) is 11.1 Å². The maximum absolute atomic E-state index is 13.4. The number of aryl methyl sites for hydroxylation is 1. The number of rotatable bonds is 6. The Morgan fingerprint density at radius 2 is 1.89 bits per heavy atom. The van der Waals surface area contributed by atoms with E-state index in [1.54, 1.807) is 12.1 Å². The van der Waals surface area contributed by atoms with E-state index in [1.165, 1.54) is 12.1 Å². The largest absolute Gasteiger partial charge is 0.490 e. The highest BCUT2D eigenvalue weighted by Gasteiger charge is 2.12. The van der Waals surface area contributed by atoms with Crippen LogP contribution in [0.25, 0.3) is 22.7 Å². The second-order valence-corrected chi connectivity index (χ2v) is 5.94. The smallest absolute Gasteiger partial charge is 0.161 e. The van der Waals surface area contributed by atoms with E-state index >= 15 is 0 Å². The lowest BCUT2D eigenvalue weighted by Gasteiger charge is -2.13. The molecule has 0 atom stereocenters. The summed E-state index contributed by atoms with van der Waals surface area (Å²) in [7, 11) is 0. The van der Waals surface area contributed by atoms with Gasteiger partial charge in [0.15, 0.2) is 11.5 Å². The minimum Gasteiger partial charge on any atom is -0.490 e. The zero-order valence-electron chi connectivity index (χ0n) is 15.5. The van der Waals surface area contributed by atoms with E-state index in [1.807, 2.05) is 32.9 Å². The number of H-pyrrole nitrogens is 1. The SMILES string of the molecule is CCOc1cc(C)c(/C=C(/C#N)c2nc3ccc(F)cc3[nH]2)cc1OCC. The zero-order chi connectivity index (χ0) is 19.4. The van der Waals surface area contributed by atoms with Crippen molar-refractivity contribution in [3.05, 3.63) is 53.1 Å². The van der Waals surface area contributed by atoms with Crippen molar-refractivity contribution in [3.63, 3.8) is 0 Å². The number of halogens is 1. The van der Waals surface area contributed by atoms with Crippen LogP contribution >= 0.6 is 0 Å². The van der Waals surface area contributed by atoms with Gasteiger partial charge in [-0.2, -0.15) is 5.26 Å². The number of nitrogens with one attached hydrogen (secondary N) is 1. The first kappa shape index (κ1) is 18.5. The number of nitrogens with zero attached hydrogens (tertiary/aromatic N) is 2. The molecule has 0 spiro atoms. The Balaban J connectivity index is 2.06.